The minimum absolute atomic E-state index is 0.228. The Hall–Kier alpha value is -2.21. The molecule has 6 heteroatoms. The average molecular weight is 344 g/mol. The summed E-state index contributed by atoms with van der Waals surface area (Å²) in [6.45, 7) is 4.30. The maximum absolute atomic E-state index is 13.0. The zero-order chi connectivity index (χ0) is 17.3. The van der Waals surface area contributed by atoms with Gasteiger partial charge in [0.05, 0.1) is 10.7 Å². The molecule has 1 amide bonds. The lowest BCUT2D eigenvalue weighted by molar-refractivity contribution is -0.143. The minimum Gasteiger partial charge on any atom is -0.479 e. The van der Waals surface area contributed by atoms with E-state index in [1.54, 1.807) is 6.07 Å². The molecule has 1 aromatic carbocycles. The van der Waals surface area contributed by atoms with E-state index in [1.165, 1.54) is 16.2 Å². The van der Waals surface area contributed by atoms with Crippen LogP contribution in [0.25, 0.3) is 0 Å². The van der Waals surface area contributed by atoms with E-state index in [2.05, 4.69) is 11.9 Å². The van der Waals surface area contributed by atoms with Gasteiger partial charge in [0.25, 0.3) is 5.91 Å². The predicted molar refractivity (Wildman–Crippen MR) is 92.4 cm³/mol. The third-order valence-electron chi connectivity index (χ3n) is 4.28. The zero-order valence-electron chi connectivity index (χ0n) is 13.8. The number of hydrogen-bond acceptors (Lipinski definition) is 4. The molecule has 24 heavy (non-hydrogen) atoms. The van der Waals surface area contributed by atoms with Crippen molar-refractivity contribution in [1.29, 1.82) is 0 Å². The van der Waals surface area contributed by atoms with Gasteiger partial charge >= 0.3 is 5.97 Å². The fourth-order valence-electron chi connectivity index (χ4n) is 3.15. The first-order valence-corrected chi connectivity index (χ1v) is 8.92. The molecule has 0 saturated carbocycles. The molecule has 1 atom stereocenters. The zero-order valence-corrected chi connectivity index (χ0v) is 14.6. The number of aromatic nitrogens is 1. The number of carboxylic acid groups (broad SMARTS) is 1. The molecule has 1 aromatic heterocycles. The maximum atomic E-state index is 13.0. The smallest absolute Gasteiger partial charge is 0.331 e. The van der Waals surface area contributed by atoms with Crippen LogP contribution in [0.1, 0.15) is 50.9 Å². The van der Waals surface area contributed by atoms with Crippen LogP contribution < -0.4 is 0 Å². The van der Waals surface area contributed by atoms with E-state index in [0.29, 0.717) is 29.1 Å². The second-order valence-corrected chi connectivity index (χ2v) is 7.04. The van der Waals surface area contributed by atoms with Gasteiger partial charge in [-0.1, -0.05) is 31.2 Å². The van der Waals surface area contributed by atoms with Crippen molar-refractivity contribution in [2.24, 2.45) is 0 Å². The number of aryl methyl sites for hydroxylation is 2. The molecule has 0 bridgehead atoms. The highest BCUT2D eigenvalue weighted by Crippen LogP contribution is 2.32. The molecular formula is C18H20N2O3S. The highest BCUT2D eigenvalue weighted by atomic mass is 32.1. The van der Waals surface area contributed by atoms with Crippen LogP contribution in [0.5, 0.6) is 0 Å². The van der Waals surface area contributed by atoms with Crippen LogP contribution in [0.4, 0.5) is 0 Å². The van der Waals surface area contributed by atoms with E-state index in [9.17, 15) is 14.7 Å². The van der Waals surface area contributed by atoms with Gasteiger partial charge < -0.3 is 10.0 Å². The van der Waals surface area contributed by atoms with Gasteiger partial charge in [-0.2, -0.15) is 0 Å². The number of thiazole rings is 1. The summed E-state index contributed by atoms with van der Waals surface area (Å²) in [4.78, 5) is 31.3. The van der Waals surface area contributed by atoms with E-state index >= 15 is 0 Å². The number of nitrogens with zero attached hydrogens (tertiary/aromatic N) is 2. The third kappa shape index (κ3) is 2.94. The Kier molecular flexibility index (Phi) is 4.66. The number of rotatable bonds is 4. The highest BCUT2D eigenvalue weighted by Gasteiger charge is 2.37. The van der Waals surface area contributed by atoms with Crippen molar-refractivity contribution in [3.05, 3.63) is 51.0 Å². The van der Waals surface area contributed by atoms with Crippen molar-refractivity contribution in [1.82, 2.24) is 9.88 Å². The quantitative estimate of drug-likeness (QED) is 0.924. The molecule has 0 saturated heterocycles. The standard InChI is InChI=1S/C18H20N2O3S/c1-3-6-14-19-11(2)16(24-14)17(21)20-10-9-12-7-4-5-8-13(12)15(20)18(22)23/h4-5,7-8,15H,3,6,9-10H2,1-2H3,(H,22,23). The van der Waals surface area contributed by atoms with Crippen molar-refractivity contribution in [2.75, 3.05) is 6.54 Å². The van der Waals surface area contributed by atoms with Crippen molar-refractivity contribution < 1.29 is 14.7 Å². The SMILES string of the molecule is CCCc1nc(C)c(C(=O)N2CCc3ccccc3C2C(=O)O)s1. The molecule has 0 radical (unpaired) electrons. The van der Waals surface area contributed by atoms with E-state index in [-0.39, 0.29) is 5.91 Å². The van der Waals surface area contributed by atoms with Gasteiger partial charge in [0.15, 0.2) is 6.04 Å². The van der Waals surface area contributed by atoms with Gasteiger partial charge in [-0.05, 0) is 37.3 Å². The predicted octanol–water partition coefficient (Wildman–Crippen LogP) is 3.23. The van der Waals surface area contributed by atoms with Crippen LogP contribution >= 0.6 is 11.3 Å². The Morgan fingerprint density at radius 1 is 1.38 bits per heavy atom. The summed E-state index contributed by atoms with van der Waals surface area (Å²) in [6, 6.07) is 6.53. The van der Waals surface area contributed by atoms with Gasteiger partial charge in [0.1, 0.15) is 4.88 Å². The molecule has 1 N–H and O–H groups in total. The topological polar surface area (TPSA) is 70.5 Å². The largest absolute Gasteiger partial charge is 0.479 e. The number of carboxylic acids is 1. The minimum atomic E-state index is -0.994. The second-order valence-electron chi connectivity index (χ2n) is 5.96. The lowest BCUT2D eigenvalue weighted by atomic mass is 9.92. The summed E-state index contributed by atoms with van der Waals surface area (Å²) in [5.74, 6) is -1.22. The molecule has 1 aliphatic heterocycles. The monoisotopic (exact) mass is 344 g/mol. The highest BCUT2D eigenvalue weighted by molar-refractivity contribution is 7.13. The average Bonchev–Trinajstić information content (AvgIpc) is 2.93. The van der Waals surface area contributed by atoms with Crippen molar-refractivity contribution >= 4 is 23.2 Å². The molecule has 1 unspecified atom stereocenters. The van der Waals surface area contributed by atoms with Gasteiger partial charge in [-0.25, -0.2) is 9.78 Å². The van der Waals surface area contributed by atoms with Gasteiger partial charge in [-0.3, -0.25) is 4.79 Å². The molecular weight excluding hydrogens is 324 g/mol. The summed E-state index contributed by atoms with van der Waals surface area (Å²) in [6.07, 6.45) is 2.48. The van der Waals surface area contributed by atoms with Crippen LogP contribution in [0.2, 0.25) is 0 Å². The number of fused-ring (bicyclic) bond motifs is 1. The van der Waals surface area contributed by atoms with Gasteiger partial charge in [0, 0.05) is 6.54 Å². The second kappa shape index (κ2) is 6.73. The van der Waals surface area contributed by atoms with Crippen LogP contribution in [0.15, 0.2) is 24.3 Å². The molecule has 0 spiro atoms. The van der Waals surface area contributed by atoms with Crippen LogP contribution in [0, 0.1) is 6.92 Å². The first-order valence-electron chi connectivity index (χ1n) is 8.10. The van der Waals surface area contributed by atoms with Crippen molar-refractivity contribution in [3.8, 4) is 0 Å². The summed E-state index contributed by atoms with van der Waals surface area (Å²) in [5.41, 5.74) is 2.40. The maximum Gasteiger partial charge on any atom is 0.331 e. The Balaban J connectivity index is 1.96. The molecule has 2 heterocycles. The fourth-order valence-corrected chi connectivity index (χ4v) is 4.28. The van der Waals surface area contributed by atoms with Gasteiger partial charge in [-0.15, -0.1) is 11.3 Å². The lowest BCUT2D eigenvalue weighted by Crippen LogP contribution is -2.43. The van der Waals surface area contributed by atoms with E-state index < -0.39 is 12.0 Å². The van der Waals surface area contributed by atoms with Crippen molar-refractivity contribution in [2.45, 2.75) is 39.2 Å². The van der Waals surface area contributed by atoms with Crippen LogP contribution in [-0.4, -0.2) is 33.4 Å². The molecule has 126 valence electrons. The number of amides is 1. The molecule has 3 rings (SSSR count). The molecule has 2 aromatic rings. The van der Waals surface area contributed by atoms with Crippen molar-refractivity contribution in [3.63, 3.8) is 0 Å². The lowest BCUT2D eigenvalue weighted by Gasteiger charge is -2.34. The summed E-state index contributed by atoms with van der Waals surface area (Å²) in [7, 11) is 0. The molecule has 0 aliphatic carbocycles. The normalized spacial score (nSPS) is 16.8. The number of carbonyl (C=O) groups is 2. The Morgan fingerprint density at radius 2 is 2.12 bits per heavy atom. The summed E-state index contributed by atoms with van der Waals surface area (Å²) in [5, 5.41) is 10.6. The number of aliphatic carboxylic acids is 1. The number of hydrogen-bond donors (Lipinski definition) is 1. The van der Waals surface area contributed by atoms with Gasteiger partial charge in [0.2, 0.25) is 0 Å². The summed E-state index contributed by atoms with van der Waals surface area (Å²) >= 11 is 1.39. The molecule has 1 aliphatic rings. The Morgan fingerprint density at radius 3 is 2.83 bits per heavy atom. The Labute approximate surface area is 145 Å². The molecule has 0 fully saturated rings. The third-order valence-corrected chi connectivity index (χ3v) is 5.48. The van der Waals surface area contributed by atoms with E-state index in [0.717, 1.165) is 23.4 Å². The molecule has 5 nitrogen and oxygen atoms in total. The van der Waals surface area contributed by atoms with Crippen LogP contribution in [0.3, 0.4) is 0 Å². The first kappa shape index (κ1) is 16.6. The fraction of sp³-hybridized carbons (Fsp3) is 0.389. The van der Waals surface area contributed by atoms with E-state index in [4.69, 9.17) is 0 Å². The van der Waals surface area contributed by atoms with E-state index in [1.807, 2.05) is 25.1 Å². The van der Waals surface area contributed by atoms with Crippen LogP contribution in [-0.2, 0) is 17.6 Å². The first-order chi connectivity index (χ1) is 11.5. The number of benzene rings is 1. The number of carbonyl (C=O) groups excluding carboxylic acids is 1. The Bertz CT molecular complexity index is 784. The summed E-state index contributed by atoms with van der Waals surface area (Å²) < 4.78 is 0.